The van der Waals surface area contributed by atoms with Crippen LogP contribution in [-0.4, -0.2) is 37.2 Å². The fourth-order valence-corrected chi connectivity index (χ4v) is 8.79. The number of hydrogen-bond acceptors (Lipinski definition) is 6. The summed E-state index contributed by atoms with van der Waals surface area (Å²) in [6.45, 7) is 6.38. The Balaban J connectivity index is 4.46. The van der Waals surface area contributed by atoms with Gasteiger partial charge >= 0.3 is 17.9 Å². The standard InChI is InChI=1S/C73H120O6/c1-4-7-10-13-16-19-22-25-28-30-32-34-35-36-37-39-40-42-45-48-51-54-57-60-63-66-72(75)78-69-70(68-77-71(74)65-62-59-56-53-50-47-44-27-24-21-18-15-12-9-6-3)79-73(76)67-64-61-58-55-52-49-46-43-41-38-33-31-29-26-23-20-17-14-11-8-5-2/h7,9-10,12,16,18-19,21,25,27-28,31-34,36-37,40,42,44,48,51,70H,4-6,8,11,13-15,17,20,22-24,26,29-30,35,38-39,41,43,45-47,49-50,52-69H2,1-3H3/b10-7-,12-9-,19-16-,21-18-,28-25-,33-31-,34-32-,37-36-,42-40-,44-27-,51-48-. The van der Waals surface area contributed by atoms with E-state index in [1.807, 2.05) is 0 Å². The molecule has 0 radical (unpaired) electrons. The molecule has 0 aliphatic heterocycles. The monoisotopic (exact) mass is 1090 g/mol. The number of esters is 3. The fourth-order valence-electron chi connectivity index (χ4n) is 8.79. The first-order valence-corrected chi connectivity index (χ1v) is 32.7. The summed E-state index contributed by atoms with van der Waals surface area (Å²) < 4.78 is 16.9. The molecule has 0 aliphatic rings. The molecule has 6 nitrogen and oxygen atoms in total. The van der Waals surface area contributed by atoms with Crippen LogP contribution < -0.4 is 0 Å². The van der Waals surface area contributed by atoms with E-state index in [2.05, 4.69) is 154 Å². The van der Waals surface area contributed by atoms with Crippen LogP contribution in [0.3, 0.4) is 0 Å². The summed E-state index contributed by atoms with van der Waals surface area (Å²) in [7, 11) is 0. The Kier molecular flexibility index (Phi) is 62.3. The van der Waals surface area contributed by atoms with E-state index < -0.39 is 6.10 Å². The van der Waals surface area contributed by atoms with E-state index >= 15 is 0 Å². The Bertz CT molecular complexity index is 1680. The van der Waals surface area contributed by atoms with Crippen LogP contribution >= 0.6 is 0 Å². The van der Waals surface area contributed by atoms with Crippen LogP contribution in [0.5, 0.6) is 0 Å². The first-order valence-electron chi connectivity index (χ1n) is 32.7. The van der Waals surface area contributed by atoms with E-state index in [1.165, 1.54) is 103 Å². The quantitative estimate of drug-likeness (QED) is 0.0261. The second kappa shape index (κ2) is 66.1. The average molecular weight is 1090 g/mol. The molecule has 0 rings (SSSR count). The Morgan fingerprint density at radius 3 is 0.797 bits per heavy atom. The molecule has 0 fully saturated rings. The lowest BCUT2D eigenvalue weighted by Crippen LogP contribution is -2.30. The van der Waals surface area contributed by atoms with Gasteiger partial charge in [0.1, 0.15) is 13.2 Å². The van der Waals surface area contributed by atoms with Crippen LogP contribution in [0.15, 0.2) is 134 Å². The van der Waals surface area contributed by atoms with E-state index in [0.29, 0.717) is 19.3 Å². The second-order valence-electron chi connectivity index (χ2n) is 21.3. The average Bonchev–Trinajstić information content (AvgIpc) is 3.45. The topological polar surface area (TPSA) is 78.9 Å². The zero-order valence-electron chi connectivity index (χ0n) is 51.3. The molecule has 0 heterocycles. The van der Waals surface area contributed by atoms with Gasteiger partial charge in [-0.05, 0) is 135 Å². The predicted molar refractivity (Wildman–Crippen MR) is 343 cm³/mol. The first-order chi connectivity index (χ1) is 39.0. The molecular weight excluding hydrogens is 973 g/mol. The molecule has 0 spiro atoms. The van der Waals surface area contributed by atoms with Gasteiger partial charge in [-0.15, -0.1) is 0 Å². The highest BCUT2D eigenvalue weighted by Gasteiger charge is 2.19. The van der Waals surface area contributed by atoms with Crippen molar-refractivity contribution in [2.45, 2.75) is 297 Å². The van der Waals surface area contributed by atoms with E-state index in [-0.39, 0.29) is 31.1 Å². The van der Waals surface area contributed by atoms with Gasteiger partial charge in [0.05, 0.1) is 0 Å². The van der Waals surface area contributed by atoms with Gasteiger partial charge in [0.15, 0.2) is 6.10 Å². The van der Waals surface area contributed by atoms with E-state index in [9.17, 15) is 14.4 Å². The summed E-state index contributed by atoms with van der Waals surface area (Å²) in [5.74, 6) is -0.949. The van der Waals surface area contributed by atoms with E-state index in [4.69, 9.17) is 14.2 Å². The molecule has 6 heteroatoms. The number of rotatable bonds is 58. The molecule has 0 amide bonds. The van der Waals surface area contributed by atoms with Gasteiger partial charge in [0.25, 0.3) is 0 Å². The highest BCUT2D eigenvalue weighted by atomic mass is 16.6. The third kappa shape index (κ3) is 64.3. The van der Waals surface area contributed by atoms with Gasteiger partial charge in [-0.25, -0.2) is 0 Å². The molecule has 79 heavy (non-hydrogen) atoms. The van der Waals surface area contributed by atoms with Crippen molar-refractivity contribution in [2.75, 3.05) is 13.2 Å². The van der Waals surface area contributed by atoms with Gasteiger partial charge in [-0.2, -0.15) is 0 Å². The summed E-state index contributed by atoms with van der Waals surface area (Å²) in [5.41, 5.74) is 0. The van der Waals surface area contributed by atoms with Crippen LogP contribution in [0, 0.1) is 0 Å². The van der Waals surface area contributed by atoms with Gasteiger partial charge in [0, 0.05) is 19.3 Å². The van der Waals surface area contributed by atoms with E-state index in [1.54, 1.807) is 0 Å². The van der Waals surface area contributed by atoms with E-state index in [0.717, 1.165) is 148 Å². The van der Waals surface area contributed by atoms with Crippen molar-refractivity contribution in [1.82, 2.24) is 0 Å². The molecule has 0 aliphatic carbocycles. The fraction of sp³-hybridized carbons (Fsp3) is 0.658. The number of carbonyl (C=O) groups is 3. The minimum atomic E-state index is -0.807. The Morgan fingerprint density at radius 2 is 0.494 bits per heavy atom. The van der Waals surface area contributed by atoms with Crippen LogP contribution in [0.1, 0.15) is 290 Å². The molecule has 448 valence electrons. The highest BCUT2D eigenvalue weighted by molar-refractivity contribution is 5.71. The van der Waals surface area contributed by atoms with Crippen LogP contribution in [0.4, 0.5) is 0 Å². The Labute approximate surface area is 487 Å². The summed E-state index contributed by atoms with van der Waals surface area (Å²) in [6.07, 6.45) is 93.1. The zero-order chi connectivity index (χ0) is 57.1. The van der Waals surface area contributed by atoms with Crippen molar-refractivity contribution in [3.63, 3.8) is 0 Å². The molecule has 0 aromatic carbocycles. The van der Waals surface area contributed by atoms with Crippen molar-refractivity contribution >= 4 is 17.9 Å². The second-order valence-corrected chi connectivity index (χ2v) is 21.3. The number of allylic oxidation sites excluding steroid dienone is 22. The van der Waals surface area contributed by atoms with Crippen molar-refractivity contribution in [3.05, 3.63) is 134 Å². The van der Waals surface area contributed by atoms with Crippen molar-refractivity contribution in [2.24, 2.45) is 0 Å². The molecule has 0 saturated carbocycles. The third-order valence-corrected chi connectivity index (χ3v) is 13.6. The number of unbranched alkanes of at least 4 members (excludes halogenated alkanes) is 25. The normalized spacial score (nSPS) is 13.0. The van der Waals surface area contributed by atoms with Crippen molar-refractivity contribution in [3.8, 4) is 0 Å². The summed E-state index contributed by atoms with van der Waals surface area (Å²) >= 11 is 0. The van der Waals surface area contributed by atoms with Gasteiger partial charge in [0.2, 0.25) is 0 Å². The maximum absolute atomic E-state index is 12.9. The van der Waals surface area contributed by atoms with Gasteiger partial charge in [-0.1, -0.05) is 270 Å². The Morgan fingerprint density at radius 1 is 0.266 bits per heavy atom. The molecule has 0 aromatic heterocycles. The van der Waals surface area contributed by atoms with Crippen molar-refractivity contribution in [1.29, 1.82) is 0 Å². The molecule has 1 unspecified atom stereocenters. The lowest BCUT2D eigenvalue weighted by Gasteiger charge is -2.18. The van der Waals surface area contributed by atoms with Crippen molar-refractivity contribution < 1.29 is 28.6 Å². The lowest BCUT2D eigenvalue weighted by atomic mass is 10.1. The van der Waals surface area contributed by atoms with Crippen LogP contribution in [0.25, 0.3) is 0 Å². The number of ether oxygens (including phenoxy) is 3. The summed E-state index contributed by atoms with van der Waals surface area (Å²) in [6, 6.07) is 0. The minimum Gasteiger partial charge on any atom is -0.462 e. The van der Waals surface area contributed by atoms with Crippen LogP contribution in [-0.2, 0) is 28.6 Å². The van der Waals surface area contributed by atoms with Gasteiger partial charge in [-0.3, -0.25) is 14.4 Å². The lowest BCUT2D eigenvalue weighted by molar-refractivity contribution is -0.167. The SMILES string of the molecule is CC/C=C\C/C=C\C/C=C\C/C=C\C/C=C\C/C=C\C/C=C\CCCCCC(=O)OCC(COC(=O)CCCCCCC/C=C\C/C=C\C/C=C\CC)OC(=O)CCCCCCCCCCC/C=C\CCCCCCCCCC. The molecule has 0 saturated heterocycles. The molecule has 1 atom stereocenters. The smallest absolute Gasteiger partial charge is 0.306 e. The Hall–Kier alpha value is -4.45. The maximum atomic E-state index is 12.9. The molecule has 0 N–H and O–H groups in total. The predicted octanol–water partition coefficient (Wildman–Crippen LogP) is 22.5. The number of carbonyl (C=O) groups excluding carboxylic acids is 3. The maximum Gasteiger partial charge on any atom is 0.306 e. The molecular formula is C73H120O6. The van der Waals surface area contributed by atoms with Crippen LogP contribution in [0.2, 0.25) is 0 Å². The third-order valence-electron chi connectivity index (χ3n) is 13.6. The largest absolute Gasteiger partial charge is 0.462 e. The summed E-state index contributed by atoms with van der Waals surface area (Å²) in [4.78, 5) is 38.4. The zero-order valence-corrected chi connectivity index (χ0v) is 51.3. The summed E-state index contributed by atoms with van der Waals surface area (Å²) in [5, 5.41) is 0. The minimum absolute atomic E-state index is 0.102. The molecule has 0 aromatic rings. The van der Waals surface area contributed by atoms with Gasteiger partial charge < -0.3 is 14.2 Å². The highest BCUT2D eigenvalue weighted by Crippen LogP contribution is 2.15. The number of hydrogen-bond donors (Lipinski definition) is 0. The first kappa shape index (κ1) is 74.5. The molecule has 0 bridgehead atoms.